The number of hydrogen-bond donors (Lipinski definition) is 2. The van der Waals surface area contributed by atoms with Crippen molar-refractivity contribution in [3.8, 4) is 5.75 Å². The molecule has 0 aliphatic heterocycles. The molecule has 0 saturated carbocycles. The zero-order valence-corrected chi connectivity index (χ0v) is 11.3. The van der Waals surface area contributed by atoms with E-state index in [-0.39, 0.29) is 6.04 Å². The van der Waals surface area contributed by atoms with Crippen molar-refractivity contribution in [1.82, 2.24) is 5.32 Å². The van der Waals surface area contributed by atoms with E-state index in [0.717, 1.165) is 11.3 Å². The summed E-state index contributed by atoms with van der Waals surface area (Å²) >= 11 is 0. The standard InChI is InChI=1S/C14H23NO2/c1-10(2)15-11(3)14(4,16)12-6-8-13(17-5)9-7-12/h6-11,15-16H,1-5H3. The Balaban J connectivity index is 2.87. The number of nitrogens with one attached hydrogen (secondary N) is 1. The van der Waals surface area contributed by atoms with E-state index < -0.39 is 5.60 Å². The molecule has 1 aromatic carbocycles. The van der Waals surface area contributed by atoms with Crippen molar-refractivity contribution in [2.75, 3.05) is 7.11 Å². The van der Waals surface area contributed by atoms with E-state index in [9.17, 15) is 5.11 Å². The molecule has 0 bridgehead atoms. The fraction of sp³-hybridized carbons (Fsp3) is 0.571. The Kier molecular flexibility index (Phi) is 4.54. The van der Waals surface area contributed by atoms with E-state index in [2.05, 4.69) is 19.2 Å². The molecule has 17 heavy (non-hydrogen) atoms. The van der Waals surface area contributed by atoms with Gasteiger partial charge in [0.2, 0.25) is 0 Å². The first-order valence-corrected chi connectivity index (χ1v) is 6.01. The van der Waals surface area contributed by atoms with Crippen molar-refractivity contribution in [2.45, 2.75) is 45.4 Å². The van der Waals surface area contributed by atoms with E-state index in [4.69, 9.17) is 4.74 Å². The number of methoxy groups -OCH3 is 1. The largest absolute Gasteiger partial charge is 0.497 e. The highest BCUT2D eigenvalue weighted by Gasteiger charge is 2.30. The van der Waals surface area contributed by atoms with Gasteiger partial charge in [0, 0.05) is 12.1 Å². The van der Waals surface area contributed by atoms with Crippen LogP contribution in [0.15, 0.2) is 24.3 Å². The lowest BCUT2D eigenvalue weighted by molar-refractivity contribution is 0.0186. The third-order valence-electron chi connectivity index (χ3n) is 3.10. The van der Waals surface area contributed by atoms with Crippen LogP contribution in [-0.2, 0) is 5.60 Å². The summed E-state index contributed by atoms with van der Waals surface area (Å²) in [4.78, 5) is 0. The number of aliphatic hydroxyl groups is 1. The molecule has 0 heterocycles. The van der Waals surface area contributed by atoms with E-state index in [1.807, 2.05) is 38.1 Å². The summed E-state index contributed by atoms with van der Waals surface area (Å²) in [6.07, 6.45) is 0. The fourth-order valence-corrected chi connectivity index (χ4v) is 1.84. The van der Waals surface area contributed by atoms with E-state index in [1.54, 1.807) is 7.11 Å². The van der Waals surface area contributed by atoms with Crippen molar-refractivity contribution in [3.63, 3.8) is 0 Å². The van der Waals surface area contributed by atoms with E-state index >= 15 is 0 Å². The summed E-state index contributed by atoms with van der Waals surface area (Å²) < 4.78 is 5.11. The molecule has 0 fully saturated rings. The second-order valence-electron chi connectivity index (χ2n) is 4.92. The molecule has 0 amide bonds. The van der Waals surface area contributed by atoms with Gasteiger partial charge in [-0.3, -0.25) is 0 Å². The van der Waals surface area contributed by atoms with Gasteiger partial charge in [-0.25, -0.2) is 0 Å². The lowest BCUT2D eigenvalue weighted by Gasteiger charge is -2.33. The highest BCUT2D eigenvalue weighted by molar-refractivity contribution is 5.31. The highest BCUT2D eigenvalue weighted by atomic mass is 16.5. The average molecular weight is 237 g/mol. The topological polar surface area (TPSA) is 41.5 Å². The Morgan fingerprint density at radius 3 is 2.12 bits per heavy atom. The van der Waals surface area contributed by atoms with Crippen LogP contribution in [0.5, 0.6) is 5.75 Å². The van der Waals surface area contributed by atoms with Gasteiger partial charge in [-0.2, -0.15) is 0 Å². The lowest BCUT2D eigenvalue weighted by atomic mass is 9.89. The van der Waals surface area contributed by atoms with Crippen molar-refractivity contribution in [1.29, 1.82) is 0 Å². The third-order valence-corrected chi connectivity index (χ3v) is 3.10. The molecular weight excluding hydrogens is 214 g/mol. The van der Waals surface area contributed by atoms with Gasteiger partial charge in [0.1, 0.15) is 11.4 Å². The number of benzene rings is 1. The van der Waals surface area contributed by atoms with Crippen LogP contribution in [0.3, 0.4) is 0 Å². The maximum absolute atomic E-state index is 10.6. The summed E-state index contributed by atoms with van der Waals surface area (Å²) in [6, 6.07) is 7.86. The SMILES string of the molecule is COc1ccc(C(C)(O)C(C)NC(C)C)cc1. The highest BCUT2D eigenvalue weighted by Crippen LogP contribution is 2.26. The number of hydrogen-bond acceptors (Lipinski definition) is 3. The summed E-state index contributed by atoms with van der Waals surface area (Å²) in [5.41, 5.74) is -0.00440. The predicted octanol–water partition coefficient (Wildman–Crippen LogP) is 2.29. The van der Waals surface area contributed by atoms with Crippen LogP contribution in [0.1, 0.15) is 33.3 Å². The maximum atomic E-state index is 10.6. The van der Waals surface area contributed by atoms with Gasteiger partial charge in [0.25, 0.3) is 0 Å². The van der Waals surface area contributed by atoms with Crippen molar-refractivity contribution in [2.24, 2.45) is 0 Å². The molecule has 3 nitrogen and oxygen atoms in total. The molecule has 3 heteroatoms. The average Bonchev–Trinajstić information content (AvgIpc) is 2.28. The van der Waals surface area contributed by atoms with Crippen LogP contribution in [0.2, 0.25) is 0 Å². The molecular formula is C14H23NO2. The zero-order chi connectivity index (χ0) is 13.1. The van der Waals surface area contributed by atoms with Gasteiger partial charge >= 0.3 is 0 Å². The first kappa shape index (κ1) is 14.0. The predicted molar refractivity (Wildman–Crippen MR) is 70.3 cm³/mol. The second-order valence-corrected chi connectivity index (χ2v) is 4.92. The van der Waals surface area contributed by atoms with Gasteiger partial charge in [-0.1, -0.05) is 26.0 Å². The van der Waals surface area contributed by atoms with Gasteiger partial charge < -0.3 is 15.2 Å². The maximum Gasteiger partial charge on any atom is 0.118 e. The van der Waals surface area contributed by atoms with Crippen LogP contribution in [0.25, 0.3) is 0 Å². The van der Waals surface area contributed by atoms with Crippen molar-refractivity contribution in [3.05, 3.63) is 29.8 Å². The van der Waals surface area contributed by atoms with Crippen molar-refractivity contribution >= 4 is 0 Å². The van der Waals surface area contributed by atoms with Crippen LogP contribution >= 0.6 is 0 Å². The monoisotopic (exact) mass is 237 g/mol. The minimum atomic E-state index is -0.892. The molecule has 96 valence electrons. The zero-order valence-electron chi connectivity index (χ0n) is 11.3. The summed E-state index contributed by atoms with van der Waals surface area (Å²) in [5, 5.41) is 13.9. The Hall–Kier alpha value is -1.06. The second kappa shape index (κ2) is 5.52. The Labute approximate surface area is 104 Å². The third kappa shape index (κ3) is 3.45. The van der Waals surface area contributed by atoms with Gasteiger partial charge in [0.05, 0.1) is 7.11 Å². The molecule has 0 aromatic heterocycles. The van der Waals surface area contributed by atoms with Gasteiger partial charge in [0.15, 0.2) is 0 Å². The van der Waals surface area contributed by atoms with E-state index in [1.165, 1.54) is 0 Å². The Morgan fingerprint density at radius 1 is 1.18 bits per heavy atom. The minimum Gasteiger partial charge on any atom is -0.497 e. The molecule has 0 radical (unpaired) electrons. The molecule has 0 spiro atoms. The first-order valence-electron chi connectivity index (χ1n) is 6.01. The smallest absolute Gasteiger partial charge is 0.118 e. The first-order chi connectivity index (χ1) is 7.87. The van der Waals surface area contributed by atoms with Gasteiger partial charge in [-0.05, 0) is 31.5 Å². The van der Waals surface area contributed by atoms with Crippen LogP contribution in [0, 0.1) is 0 Å². The molecule has 1 rings (SSSR count). The summed E-state index contributed by atoms with van der Waals surface area (Å²) in [6.45, 7) is 7.96. The van der Waals surface area contributed by atoms with E-state index in [0.29, 0.717) is 6.04 Å². The Morgan fingerprint density at radius 2 is 1.71 bits per heavy atom. The van der Waals surface area contributed by atoms with Crippen molar-refractivity contribution < 1.29 is 9.84 Å². The summed E-state index contributed by atoms with van der Waals surface area (Å²) in [7, 11) is 1.64. The van der Waals surface area contributed by atoms with Crippen LogP contribution < -0.4 is 10.1 Å². The molecule has 0 aliphatic carbocycles. The number of ether oxygens (including phenoxy) is 1. The Bertz CT molecular complexity index is 344. The molecule has 1 aromatic rings. The normalized spacial score (nSPS) is 16.6. The lowest BCUT2D eigenvalue weighted by Crippen LogP contribution is -2.47. The molecule has 0 saturated heterocycles. The molecule has 0 aliphatic rings. The van der Waals surface area contributed by atoms with Gasteiger partial charge in [-0.15, -0.1) is 0 Å². The molecule has 2 atom stereocenters. The number of rotatable bonds is 5. The minimum absolute atomic E-state index is 0.0177. The summed E-state index contributed by atoms with van der Waals surface area (Å²) in [5.74, 6) is 0.800. The van der Waals surface area contributed by atoms with Crippen LogP contribution in [0.4, 0.5) is 0 Å². The quantitative estimate of drug-likeness (QED) is 0.825. The fourth-order valence-electron chi connectivity index (χ4n) is 1.84. The van der Waals surface area contributed by atoms with Crippen LogP contribution in [-0.4, -0.2) is 24.3 Å². The molecule has 2 N–H and O–H groups in total. The molecule has 2 unspecified atom stereocenters.